The van der Waals surface area contributed by atoms with Crippen LogP contribution in [0.1, 0.15) is 37.7 Å². The molecule has 1 heterocycles. The number of hydrogen-bond donors (Lipinski definition) is 1. The molecule has 2 aliphatic rings. The van der Waals surface area contributed by atoms with Gasteiger partial charge in [-0.3, -0.25) is 4.79 Å². The van der Waals surface area contributed by atoms with Crippen molar-refractivity contribution in [2.45, 2.75) is 44.1 Å². The molecule has 1 aromatic rings. The van der Waals surface area contributed by atoms with Crippen molar-refractivity contribution in [3.05, 3.63) is 23.8 Å². The van der Waals surface area contributed by atoms with Crippen molar-refractivity contribution in [3.63, 3.8) is 0 Å². The highest BCUT2D eigenvalue weighted by Gasteiger charge is 2.45. The third-order valence-corrected chi connectivity index (χ3v) is 4.89. The summed E-state index contributed by atoms with van der Waals surface area (Å²) in [6.45, 7) is 0.189. The highest BCUT2D eigenvalue weighted by molar-refractivity contribution is 5.88. The number of benzene rings is 1. The van der Waals surface area contributed by atoms with Gasteiger partial charge in [-0.15, -0.1) is 0 Å². The molecule has 1 aliphatic carbocycles. The molecule has 3 rings (SSSR count). The van der Waals surface area contributed by atoms with E-state index in [4.69, 9.17) is 9.47 Å². The van der Waals surface area contributed by atoms with Crippen molar-refractivity contribution in [1.29, 1.82) is 0 Å². The van der Waals surface area contributed by atoms with E-state index in [9.17, 15) is 14.7 Å². The lowest BCUT2D eigenvalue weighted by molar-refractivity contribution is -0.160. The first-order valence-corrected chi connectivity index (χ1v) is 7.91. The molecule has 23 heavy (non-hydrogen) atoms. The summed E-state index contributed by atoms with van der Waals surface area (Å²) in [4.78, 5) is 25.8. The summed E-state index contributed by atoms with van der Waals surface area (Å²) in [5, 5.41) is 9.67. The minimum absolute atomic E-state index is 0.155. The molecule has 1 fully saturated rings. The maximum Gasteiger partial charge on any atom is 0.329 e. The number of rotatable bonds is 4. The number of fused-ring (bicyclic) bond motifs is 1. The van der Waals surface area contributed by atoms with Crippen molar-refractivity contribution in [2.75, 3.05) is 13.8 Å². The average molecular weight is 319 g/mol. The molecule has 0 bridgehead atoms. The standard InChI is InChI=1S/C17H21NO5/c1-18(17(16(20)21)7-3-2-4-8-17)15(19)10-12-5-6-13-14(9-12)23-11-22-13/h5-6,9H,2-4,7-8,10-11H2,1H3,(H,20,21). The molecule has 0 atom stereocenters. The quantitative estimate of drug-likeness (QED) is 0.921. The molecule has 6 heteroatoms. The van der Waals surface area contributed by atoms with Crippen LogP contribution in [-0.4, -0.2) is 41.3 Å². The van der Waals surface area contributed by atoms with E-state index in [1.54, 1.807) is 19.2 Å². The Balaban J connectivity index is 1.75. The van der Waals surface area contributed by atoms with Gasteiger partial charge >= 0.3 is 5.97 Å². The molecule has 1 amide bonds. The second-order valence-electron chi connectivity index (χ2n) is 6.21. The Morgan fingerprint density at radius 2 is 1.87 bits per heavy atom. The molecular weight excluding hydrogens is 298 g/mol. The van der Waals surface area contributed by atoms with Gasteiger partial charge in [0, 0.05) is 7.05 Å². The molecule has 1 aliphatic heterocycles. The van der Waals surface area contributed by atoms with Gasteiger partial charge in [-0.25, -0.2) is 4.79 Å². The number of carboxylic acid groups (broad SMARTS) is 1. The van der Waals surface area contributed by atoms with E-state index in [2.05, 4.69) is 0 Å². The molecule has 6 nitrogen and oxygen atoms in total. The van der Waals surface area contributed by atoms with E-state index >= 15 is 0 Å². The van der Waals surface area contributed by atoms with Crippen LogP contribution in [0.3, 0.4) is 0 Å². The summed E-state index contributed by atoms with van der Waals surface area (Å²) in [7, 11) is 1.61. The first kappa shape index (κ1) is 15.6. The molecule has 0 spiro atoms. The van der Waals surface area contributed by atoms with Crippen LogP contribution in [0.5, 0.6) is 11.5 Å². The second kappa shape index (κ2) is 6.10. The zero-order chi connectivity index (χ0) is 16.4. The van der Waals surface area contributed by atoms with Gasteiger partial charge in [0.15, 0.2) is 11.5 Å². The van der Waals surface area contributed by atoms with E-state index < -0.39 is 11.5 Å². The Morgan fingerprint density at radius 3 is 2.57 bits per heavy atom. The SMILES string of the molecule is CN(C(=O)Cc1ccc2c(c1)OCO2)C1(C(=O)O)CCCCC1. The molecule has 0 aromatic heterocycles. The number of likely N-dealkylation sites (N-methyl/N-ethyl adjacent to an activating group) is 1. The molecule has 1 aromatic carbocycles. The predicted molar refractivity (Wildman–Crippen MR) is 82.5 cm³/mol. The van der Waals surface area contributed by atoms with Gasteiger partial charge in [0.2, 0.25) is 12.7 Å². The smallest absolute Gasteiger partial charge is 0.329 e. The number of hydrogen-bond acceptors (Lipinski definition) is 4. The summed E-state index contributed by atoms with van der Waals surface area (Å²) < 4.78 is 10.6. The van der Waals surface area contributed by atoms with Gasteiger partial charge in [-0.05, 0) is 30.5 Å². The molecule has 1 N–H and O–H groups in total. The Kier molecular flexibility index (Phi) is 4.15. The summed E-state index contributed by atoms with van der Waals surface area (Å²) in [5.74, 6) is 0.208. The van der Waals surface area contributed by atoms with Gasteiger partial charge in [0.1, 0.15) is 5.54 Å². The fourth-order valence-corrected chi connectivity index (χ4v) is 3.41. The number of ether oxygens (including phenoxy) is 2. The van der Waals surface area contributed by atoms with Crippen LogP contribution in [0.25, 0.3) is 0 Å². The van der Waals surface area contributed by atoms with Gasteiger partial charge in [0.25, 0.3) is 0 Å². The lowest BCUT2D eigenvalue weighted by Gasteiger charge is -2.41. The molecular formula is C17H21NO5. The highest BCUT2D eigenvalue weighted by Crippen LogP contribution is 2.35. The summed E-state index contributed by atoms with van der Waals surface area (Å²) >= 11 is 0. The Morgan fingerprint density at radius 1 is 1.17 bits per heavy atom. The minimum Gasteiger partial charge on any atom is -0.479 e. The van der Waals surface area contributed by atoms with Gasteiger partial charge in [-0.1, -0.05) is 25.3 Å². The number of carbonyl (C=O) groups excluding carboxylic acids is 1. The van der Waals surface area contributed by atoms with Crippen LogP contribution in [0.2, 0.25) is 0 Å². The number of amides is 1. The summed E-state index contributed by atoms with van der Waals surface area (Å²) in [6, 6.07) is 5.37. The van der Waals surface area contributed by atoms with E-state index in [-0.39, 0.29) is 19.1 Å². The van der Waals surface area contributed by atoms with Crippen LogP contribution in [0.15, 0.2) is 18.2 Å². The second-order valence-corrected chi connectivity index (χ2v) is 6.21. The zero-order valence-corrected chi connectivity index (χ0v) is 13.2. The first-order valence-electron chi connectivity index (χ1n) is 7.91. The van der Waals surface area contributed by atoms with Crippen LogP contribution < -0.4 is 9.47 Å². The van der Waals surface area contributed by atoms with Gasteiger partial charge in [-0.2, -0.15) is 0 Å². The number of nitrogens with zero attached hydrogens (tertiary/aromatic N) is 1. The maximum atomic E-state index is 12.6. The lowest BCUT2D eigenvalue weighted by Crippen LogP contribution is -2.56. The topological polar surface area (TPSA) is 76.1 Å². The number of aliphatic carboxylic acids is 1. The van der Waals surface area contributed by atoms with Crippen molar-refractivity contribution < 1.29 is 24.2 Å². The first-order chi connectivity index (χ1) is 11.0. The van der Waals surface area contributed by atoms with E-state index in [0.29, 0.717) is 24.3 Å². The Labute approximate surface area is 135 Å². The number of carbonyl (C=O) groups is 2. The summed E-state index contributed by atoms with van der Waals surface area (Å²) in [6.07, 6.45) is 3.90. The van der Waals surface area contributed by atoms with Crippen molar-refractivity contribution >= 4 is 11.9 Å². The molecule has 0 radical (unpaired) electrons. The lowest BCUT2D eigenvalue weighted by atomic mass is 9.80. The van der Waals surface area contributed by atoms with Gasteiger partial charge in [0.05, 0.1) is 6.42 Å². The Hall–Kier alpha value is -2.24. The monoisotopic (exact) mass is 319 g/mol. The Bertz CT molecular complexity index is 621. The van der Waals surface area contributed by atoms with E-state index in [1.807, 2.05) is 6.07 Å². The van der Waals surface area contributed by atoms with E-state index in [1.165, 1.54) is 4.90 Å². The van der Waals surface area contributed by atoms with Crippen LogP contribution in [0, 0.1) is 0 Å². The van der Waals surface area contributed by atoms with Crippen LogP contribution >= 0.6 is 0 Å². The predicted octanol–water partition coefficient (Wildman–Crippen LogP) is 2.20. The molecule has 124 valence electrons. The van der Waals surface area contributed by atoms with E-state index in [0.717, 1.165) is 24.8 Å². The largest absolute Gasteiger partial charge is 0.479 e. The number of carboxylic acids is 1. The molecule has 0 unspecified atom stereocenters. The van der Waals surface area contributed by atoms with Crippen LogP contribution in [-0.2, 0) is 16.0 Å². The minimum atomic E-state index is -1.06. The van der Waals surface area contributed by atoms with Crippen molar-refractivity contribution in [1.82, 2.24) is 4.90 Å². The summed E-state index contributed by atoms with van der Waals surface area (Å²) in [5.41, 5.74) is -0.270. The molecule has 0 saturated heterocycles. The average Bonchev–Trinajstić information content (AvgIpc) is 3.02. The third-order valence-electron chi connectivity index (χ3n) is 4.89. The highest BCUT2D eigenvalue weighted by atomic mass is 16.7. The van der Waals surface area contributed by atoms with Gasteiger partial charge < -0.3 is 19.5 Å². The third kappa shape index (κ3) is 2.85. The molecule has 1 saturated carbocycles. The maximum absolute atomic E-state index is 12.6. The van der Waals surface area contributed by atoms with Crippen molar-refractivity contribution in [2.24, 2.45) is 0 Å². The van der Waals surface area contributed by atoms with Crippen molar-refractivity contribution in [3.8, 4) is 11.5 Å². The fraction of sp³-hybridized carbons (Fsp3) is 0.529. The normalized spacial score (nSPS) is 18.5. The zero-order valence-electron chi connectivity index (χ0n) is 13.2. The fourth-order valence-electron chi connectivity index (χ4n) is 3.41. The van der Waals surface area contributed by atoms with Crippen LogP contribution in [0.4, 0.5) is 0 Å².